The van der Waals surface area contributed by atoms with Gasteiger partial charge in [0, 0.05) is 12.1 Å². The Morgan fingerprint density at radius 1 is 1.03 bits per heavy atom. The molecule has 2 aromatic rings. The van der Waals surface area contributed by atoms with Crippen LogP contribution in [0.2, 0.25) is 0 Å². The Bertz CT molecular complexity index is 1030. The Labute approximate surface area is 171 Å². The van der Waals surface area contributed by atoms with Crippen molar-refractivity contribution >= 4 is 29.2 Å². The second kappa shape index (κ2) is 7.90. The summed E-state index contributed by atoms with van der Waals surface area (Å²) >= 11 is 0. The minimum atomic E-state index is -0.617. The van der Waals surface area contributed by atoms with Crippen LogP contribution in [0, 0.1) is 22.0 Å². The van der Waals surface area contributed by atoms with Gasteiger partial charge in [0.2, 0.25) is 11.8 Å². The number of rotatable bonds is 5. The monoisotopic (exact) mass is 406 g/mol. The van der Waals surface area contributed by atoms with Crippen LogP contribution in [0.1, 0.15) is 28.8 Å². The lowest BCUT2D eigenvalue weighted by Crippen LogP contribution is -2.31. The van der Waals surface area contributed by atoms with Crippen molar-refractivity contribution in [2.75, 3.05) is 4.90 Å². The van der Waals surface area contributed by atoms with Crippen molar-refractivity contribution in [3.8, 4) is 0 Å². The van der Waals surface area contributed by atoms with Gasteiger partial charge in [0.1, 0.15) is 6.61 Å². The van der Waals surface area contributed by atoms with E-state index in [1.807, 2.05) is 12.2 Å². The molecule has 1 saturated heterocycles. The molecular formula is C22H18N2O6. The minimum absolute atomic E-state index is 0.0477. The number of esters is 1. The Kier molecular flexibility index (Phi) is 5.14. The van der Waals surface area contributed by atoms with Crippen molar-refractivity contribution in [3.05, 3.63) is 81.9 Å². The molecule has 0 bridgehead atoms. The first-order chi connectivity index (χ1) is 14.5. The predicted molar refractivity (Wildman–Crippen MR) is 107 cm³/mol. The second-order valence-corrected chi connectivity index (χ2v) is 7.22. The van der Waals surface area contributed by atoms with Gasteiger partial charge < -0.3 is 4.74 Å². The smallest absolute Gasteiger partial charge is 0.338 e. The molecule has 1 aliphatic heterocycles. The van der Waals surface area contributed by atoms with Crippen LogP contribution in [-0.2, 0) is 20.9 Å². The van der Waals surface area contributed by atoms with Gasteiger partial charge in [-0.3, -0.25) is 24.6 Å². The number of ether oxygens (including phenoxy) is 1. The topological polar surface area (TPSA) is 107 Å². The van der Waals surface area contributed by atoms with E-state index in [1.54, 1.807) is 18.2 Å². The van der Waals surface area contributed by atoms with E-state index in [9.17, 15) is 24.5 Å². The van der Waals surface area contributed by atoms with Gasteiger partial charge in [-0.25, -0.2) is 4.79 Å². The van der Waals surface area contributed by atoms with Crippen molar-refractivity contribution in [3.63, 3.8) is 0 Å². The first kappa shape index (κ1) is 19.5. The summed E-state index contributed by atoms with van der Waals surface area (Å²) in [5, 5.41) is 10.7. The third-order valence-corrected chi connectivity index (χ3v) is 5.36. The molecule has 4 rings (SSSR count). The van der Waals surface area contributed by atoms with Crippen LogP contribution < -0.4 is 4.90 Å². The zero-order chi connectivity index (χ0) is 21.3. The number of fused-ring (bicyclic) bond motifs is 1. The summed E-state index contributed by atoms with van der Waals surface area (Å²) in [4.78, 5) is 49.2. The number of nitro benzene ring substituents is 1. The maximum atomic E-state index is 12.7. The van der Waals surface area contributed by atoms with Gasteiger partial charge in [-0.1, -0.05) is 18.2 Å². The summed E-state index contributed by atoms with van der Waals surface area (Å²) in [6.45, 7) is -0.0571. The maximum absolute atomic E-state index is 12.7. The van der Waals surface area contributed by atoms with Crippen molar-refractivity contribution in [2.45, 2.75) is 19.4 Å². The number of non-ortho nitro benzene ring substituents is 1. The van der Waals surface area contributed by atoms with Crippen LogP contribution in [0.3, 0.4) is 0 Å². The van der Waals surface area contributed by atoms with Gasteiger partial charge in [-0.15, -0.1) is 0 Å². The van der Waals surface area contributed by atoms with Crippen molar-refractivity contribution in [1.82, 2.24) is 0 Å². The number of allylic oxidation sites excluding steroid dienone is 2. The Balaban J connectivity index is 1.46. The Morgan fingerprint density at radius 2 is 1.67 bits per heavy atom. The molecule has 0 aromatic heterocycles. The van der Waals surface area contributed by atoms with Gasteiger partial charge in [0.05, 0.1) is 28.0 Å². The molecule has 1 aliphatic carbocycles. The molecule has 30 heavy (non-hydrogen) atoms. The summed E-state index contributed by atoms with van der Waals surface area (Å²) in [6.07, 6.45) is 4.93. The number of nitro groups is 1. The van der Waals surface area contributed by atoms with Gasteiger partial charge in [-0.2, -0.15) is 0 Å². The molecule has 0 unspecified atom stereocenters. The zero-order valence-electron chi connectivity index (χ0n) is 15.9. The Morgan fingerprint density at radius 3 is 2.27 bits per heavy atom. The second-order valence-electron chi connectivity index (χ2n) is 7.22. The molecule has 0 saturated carbocycles. The predicted octanol–water partition coefficient (Wildman–Crippen LogP) is 3.41. The van der Waals surface area contributed by atoms with Crippen LogP contribution in [0.5, 0.6) is 0 Å². The molecule has 0 radical (unpaired) electrons. The van der Waals surface area contributed by atoms with Crippen LogP contribution >= 0.6 is 0 Å². The fourth-order valence-corrected chi connectivity index (χ4v) is 3.77. The molecule has 2 amide bonds. The lowest BCUT2D eigenvalue weighted by atomic mass is 9.85. The van der Waals surface area contributed by atoms with Crippen molar-refractivity contribution < 1.29 is 24.0 Å². The van der Waals surface area contributed by atoms with Crippen molar-refractivity contribution in [2.24, 2.45) is 11.8 Å². The molecule has 0 N–H and O–H groups in total. The third kappa shape index (κ3) is 3.59. The molecule has 1 heterocycles. The van der Waals surface area contributed by atoms with Gasteiger partial charge in [0.15, 0.2) is 0 Å². The average Bonchev–Trinajstić information content (AvgIpc) is 3.03. The van der Waals surface area contributed by atoms with E-state index in [0.717, 1.165) is 4.90 Å². The Hall–Kier alpha value is -3.81. The van der Waals surface area contributed by atoms with E-state index in [2.05, 4.69) is 0 Å². The number of hydrogen-bond donors (Lipinski definition) is 0. The summed E-state index contributed by atoms with van der Waals surface area (Å²) in [7, 11) is 0. The highest BCUT2D eigenvalue weighted by atomic mass is 16.6. The third-order valence-electron chi connectivity index (χ3n) is 5.36. The van der Waals surface area contributed by atoms with E-state index in [-0.39, 0.29) is 41.5 Å². The molecular weight excluding hydrogens is 388 g/mol. The lowest BCUT2D eigenvalue weighted by molar-refractivity contribution is -0.384. The lowest BCUT2D eigenvalue weighted by Gasteiger charge is -2.15. The molecule has 2 aromatic carbocycles. The number of amides is 2. The summed E-state index contributed by atoms with van der Waals surface area (Å²) in [5.41, 5.74) is 1.12. The molecule has 152 valence electrons. The molecule has 0 spiro atoms. The van der Waals surface area contributed by atoms with Crippen LogP contribution in [0.25, 0.3) is 0 Å². The largest absolute Gasteiger partial charge is 0.457 e. The number of hydrogen-bond acceptors (Lipinski definition) is 6. The average molecular weight is 406 g/mol. The highest BCUT2D eigenvalue weighted by Crippen LogP contribution is 2.37. The maximum Gasteiger partial charge on any atom is 0.338 e. The van der Waals surface area contributed by atoms with Gasteiger partial charge in [0.25, 0.3) is 5.69 Å². The zero-order valence-corrected chi connectivity index (χ0v) is 15.9. The normalized spacial score (nSPS) is 20.2. The van der Waals surface area contributed by atoms with Crippen molar-refractivity contribution in [1.29, 1.82) is 0 Å². The minimum Gasteiger partial charge on any atom is -0.457 e. The van der Waals surface area contributed by atoms with E-state index < -0.39 is 10.9 Å². The highest BCUT2D eigenvalue weighted by molar-refractivity contribution is 6.22. The van der Waals surface area contributed by atoms with Gasteiger partial charge >= 0.3 is 5.97 Å². The van der Waals surface area contributed by atoms with E-state index in [1.165, 1.54) is 30.3 Å². The SMILES string of the molecule is O=C(OCc1ccc([N+](=O)[O-])cc1)c1cccc(N2C(=O)[C@H]3CC=CC[C@@H]3C2=O)c1. The number of carbonyl (C=O) groups is 3. The van der Waals surface area contributed by atoms with Crippen LogP contribution in [-0.4, -0.2) is 22.7 Å². The van der Waals surface area contributed by atoms with Crippen LogP contribution in [0.15, 0.2) is 60.7 Å². The summed E-state index contributed by atoms with van der Waals surface area (Å²) in [5.74, 6) is -1.80. The fraction of sp³-hybridized carbons (Fsp3) is 0.227. The van der Waals surface area contributed by atoms with E-state index >= 15 is 0 Å². The first-order valence-corrected chi connectivity index (χ1v) is 9.49. The molecule has 1 fully saturated rings. The van der Waals surface area contributed by atoms with Crippen LogP contribution in [0.4, 0.5) is 11.4 Å². The standard InChI is InChI=1S/C22H18N2O6/c25-20-18-6-1-2-7-19(18)21(26)23(20)17-5-3-4-15(12-17)22(27)30-13-14-8-10-16(11-9-14)24(28)29/h1-5,8-12,18-19H,6-7,13H2/t18-,19-/m0/s1. The number of nitrogens with zero attached hydrogens (tertiary/aromatic N) is 2. The first-order valence-electron chi connectivity index (χ1n) is 9.49. The quantitative estimate of drug-likeness (QED) is 0.248. The molecule has 8 heteroatoms. The molecule has 2 aliphatic rings. The molecule has 8 nitrogen and oxygen atoms in total. The number of carbonyl (C=O) groups excluding carboxylic acids is 3. The number of benzene rings is 2. The molecule has 2 atom stereocenters. The highest BCUT2D eigenvalue weighted by Gasteiger charge is 2.47. The van der Waals surface area contributed by atoms with E-state index in [0.29, 0.717) is 24.1 Å². The van der Waals surface area contributed by atoms with Gasteiger partial charge in [-0.05, 0) is 48.7 Å². The number of imide groups is 1. The summed E-state index contributed by atoms with van der Waals surface area (Å²) in [6, 6.07) is 11.9. The summed E-state index contributed by atoms with van der Waals surface area (Å²) < 4.78 is 5.27. The fourth-order valence-electron chi connectivity index (χ4n) is 3.77. The number of anilines is 1. The van der Waals surface area contributed by atoms with E-state index in [4.69, 9.17) is 4.74 Å².